The highest BCUT2D eigenvalue weighted by Gasteiger charge is 2.16. The Morgan fingerprint density at radius 3 is 2.52 bits per heavy atom. The molecule has 0 bridgehead atoms. The lowest BCUT2D eigenvalue weighted by Crippen LogP contribution is -2.24. The third-order valence-electron chi connectivity index (χ3n) is 3.61. The van der Waals surface area contributed by atoms with Crippen molar-refractivity contribution in [2.24, 2.45) is 0 Å². The number of rotatable bonds is 10. The Kier molecular flexibility index (Phi) is 7.46. The Bertz CT molecular complexity index is 703. The Morgan fingerprint density at radius 1 is 1.12 bits per heavy atom. The minimum atomic E-state index is -0.743. The van der Waals surface area contributed by atoms with E-state index in [0.717, 1.165) is 25.7 Å². The van der Waals surface area contributed by atoms with Gasteiger partial charge in [0, 0.05) is 25.4 Å². The van der Waals surface area contributed by atoms with Crippen LogP contribution in [0.15, 0.2) is 18.5 Å². The summed E-state index contributed by atoms with van der Waals surface area (Å²) in [5.41, 5.74) is 0.679. The van der Waals surface area contributed by atoms with Crippen LogP contribution in [0.4, 0.5) is 0 Å². The lowest BCUT2D eigenvalue weighted by molar-refractivity contribution is -0.137. The summed E-state index contributed by atoms with van der Waals surface area (Å²) >= 11 is 1.29. The zero-order chi connectivity index (χ0) is 18.1. The molecule has 1 amide bonds. The predicted molar refractivity (Wildman–Crippen MR) is 95.5 cm³/mol. The Labute approximate surface area is 150 Å². The summed E-state index contributed by atoms with van der Waals surface area (Å²) < 4.78 is 0. The van der Waals surface area contributed by atoms with E-state index in [2.05, 4.69) is 20.3 Å². The molecule has 0 saturated carbocycles. The first-order valence-electron chi connectivity index (χ1n) is 8.32. The van der Waals surface area contributed by atoms with Gasteiger partial charge in [-0.15, -0.1) is 11.3 Å². The smallest absolute Gasteiger partial charge is 0.303 e. The molecule has 2 aromatic heterocycles. The van der Waals surface area contributed by atoms with Gasteiger partial charge in [0.1, 0.15) is 4.88 Å². The second kappa shape index (κ2) is 9.83. The van der Waals surface area contributed by atoms with Crippen LogP contribution in [0, 0.1) is 6.92 Å². The summed E-state index contributed by atoms with van der Waals surface area (Å²) in [4.78, 5) is 35.9. The van der Waals surface area contributed by atoms with Crippen molar-refractivity contribution >= 4 is 23.2 Å². The van der Waals surface area contributed by atoms with Crippen molar-refractivity contribution in [2.45, 2.75) is 45.4 Å². The van der Waals surface area contributed by atoms with Crippen LogP contribution in [0.25, 0.3) is 10.8 Å². The molecule has 2 aromatic rings. The van der Waals surface area contributed by atoms with Crippen molar-refractivity contribution < 1.29 is 14.7 Å². The number of unbranched alkanes of at least 4 members (excludes halogenated alkanes) is 4. The fourth-order valence-electron chi connectivity index (χ4n) is 2.33. The molecule has 2 N–H and O–H groups in total. The van der Waals surface area contributed by atoms with E-state index in [0.29, 0.717) is 34.4 Å². The number of carbonyl (C=O) groups excluding carboxylic acids is 1. The van der Waals surface area contributed by atoms with Crippen LogP contribution in [0.5, 0.6) is 0 Å². The molecule has 0 atom stereocenters. The van der Waals surface area contributed by atoms with Crippen molar-refractivity contribution in [1.29, 1.82) is 0 Å². The van der Waals surface area contributed by atoms with Crippen molar-refractivity contribution in [3.05, 3.63) is 29.0 Å². The molecule has 0 spiro atoms. The Balaban J connectivity index is 1.73. The van der Waals surface area contributed by atoms with Crippen LogP contribution in [0.1, 0.15) is 53.9 Å². The number of nitrogens with one attached hydrogen (secondary N) is 1. The summed E-state index contributed by atoms with van der Waals surface area (Å²) in [5.74, 6) is -0.341. The van der Waals surface area contributed by atoms with E-state index < -0.39 is 5.97 Å². The lowest BCUT2D eigenvalue weighted by Gasteiger charge is -2.04. The summed E-state index contributed by atoms with van der Waals surface area (Å²) in [7, 11) is 0. The van der Waals surface area contributed by atoms with Gasteiger partial charge in [-0.3, -0.25) is 9.59 Å². The van der Waals surface area contributed by atoms with Crippen molar-refractivity contribution in [1.82, 2.24) is 20.3 Å². The standard InChI is InChI=1S/C17H22N4O3S/c1-12-14(25-17(21-12)15-18-10-7-11-19-15)16(24)20-9-6-4-2-3-5-8-13(22)23/h7,10-11H,2-6,8-9H2,1H3,(H,20,24)(H,22,23). The Morgan fingerprint density at radius 2 is 1.80 bits per heavy atom. The van der Waals surface area contributed by atoms with Gasteiger partial charge in [-0.2, -0.15) is 0 Å². The molecule has 0 aliphatic rings. The first-order chi connectivity index (χ1) is 12.1. The maximum Gasteiger partial charge on any atom is 0.303 e. The molecule has 0 fully saturated rings. The van der Waals surface area contributed by atoms with Crippen LogP contribution in [-0.4, -0.2) is 38.5 Å². The number of carboxylic acid groups (broad SMARTS) is 1. The first kappa shape index (κ1) is 19.0. The number of nitrogens with zero attached hydrogens (tertiary/aromatic N) is 3. The normalized spacial score (nSPS) is 10.6. The number of hydrogen-bond acceptors (Lipinski definition) is 6. The first-order valence-corrected chi connectivity index (χ1v) is 9.14. The number of thiazole rings is 1. The molecule has 0 radical (unpaired) electrons. The summed E-state index contributed by atoms with van der Waals surface area (Å²) in [6.07, 6.45) is 7.99. The van der Waals surface area contributed by atoms with Gasteiger partial charge in [-0.05, 0) is 25.8 Å². The van der Waals surface area contributed by atoms with E-state index >= 15 is 0 Å². The van der Waals surface area contributed by atoms with Crippen LogP contribution in [0.2, 0.25) is 0 Å². The molecule has 25 heavy (non-hydrogen) atoms. The van der Waals surface area contributed by atoms with Crippen LogP contribution < -0.4 is 5.32 Å². The number of aryl methyl sites for hydroxylation is 1. The van der Waals surface area contributed by atoms with Gasteiger partial charge in [0.25, 0.3) is 5.91 Å². The maximum atomic E-state index is 12.3. The summed E-state index contributed by atoms with van der Waals surface area (Å²) in [6, 6.07) is 1.74. The number of carboxylic acids is 1. The Hall–Kier alpha value is -2.35. The molecule has 0 aliphatic carbocycles. The van der Waals surface area contributed by atoms with Crippen molar-refractivity contribution in [3.8, 4) is 10.8 Å². The maximum absolute atomic E-state index is 12.3. The van der Waals surface area contributed by atoms with E-state index in [1.165, 1.54) is 11.3 Å². The highest BCUT2D eigenvalue weighted by atomic mass is 32.1. The molecule has 0 saturated heterocycles. The van der Waals surface area contributed by atoms with Crippen molar-refractivity contribution in [2.75, 3.05) is 6.54 Å². The van der Waals surface area contributed by atoms with Gasteiger partial charge in [0.05, 0.1) is 5.69 Å². The average molecular weight is 362 g/mol. The fourth-order valence-corrected chi connectivity index (χ4v) is 3.26. The SMILES string of the molecule is Cc1nc(-c2ncccn2)sc1C(=O)NCCCCCCCC(=O)O. The third kappa shape index (κ3) is 6.22. The van der Waals surface area contributed by atoms with Gasteiger partial charge < -0.3 is 10.4 Å². The molecule has 8 heteroatoms. The van der Waals surface area contributed by atoms with Gasteiger partial charge in [-0.1, -0.05) is 19.3 Å². The van der Waals surface area contributed by atoms with Crippen molar-refractivity contribution in [3.63, 3.8) is 0 Å². The van der Waals surface area contributed by atoms with Gasteiger partial charge in [-0.25, -0.2) is 15.0 Å². The summed E-state index contributed by atoms with van der Waals surface area (Å²) in [6.45, 7) is 2.41. The van der Waals surface area contributed by atoms with E-state index in [-0.39, 0.29) is 12.3 Å². The highest BCUT2D eigenvalue weighted by molar-refractivity contribution is 7.17. The zero-order valence-corrected chi connectivity index (χ0v) is 15.0. The quantitative estimate of drug-likeness (QED) is 0.629. The van der Waals surface area contributed by atoms with Gasteiger partial charge >= 0.3 is 5.97 Å². The highest BCUT2D eigenvalue weighted by Crippen LogP contribution is 2.24. The number of amides is 1. The fraction of sp³-hybridized carbons (Fsp3) is 0.471. The molecule has 0 aliphatic heterocycles. The zero-order valence-electron chi connectivity index (χ0n) is 14.2. The molecule has 7 nitrogen and oxygen atoms in total. The van der Waals surface area contributed by atoms with E-state index in [1.807, 2.05) is 0 Å². The number of hydrogen-bond donors (Lipinski definition) is 2. The van der Waals surface area contributed by atoms with Crippen LogP contribution >= 0.6 is 11.3 Å². The molecule has 2 heterocycles. The minimum Gasteiger partial charge on any atom is -0.481 e. The number of aromatic nitrogens is 3. The molecular formula is C17H22N4O3S. The predicted octanol–water partition coefficient (Wildman–Crippen LogP) is 3.06. The lowest BCUT2D eigenvalue weighted by atomic mass is 10.1. The second-order valence-electron chi connectivity index (χ2n) is 5.67. The monoisotopic (exact) mass is 362 g/mol. The second-order valence-corrected chi connectivity index (χ2v) is 6.67. The molecule has 134 valence electrons. The van der Waals surface area contributed by atoms with E-state index in [1.54, 1.807) is 25.4 Å². The van der Waals surface area contributed by atoms with Gasteiger partial charge in [0.15, 0.2) is 10.8 Å². The topological polar surface area (TPSA) is 105 Å². The van der Waals surface area contributed by atoms with E-state index in [4.69, 9.17) is 5.11 Å². The average Bonchev–Trinajstić information content (AvgIpc) is 2.99. The molecule has 0 aromatic carbocycles. The number of aliphatic carboxylic acids is 1. The van der Waals surface area contributed by atoms with Gasteiger partial charge in [0.2, 0.25) is 0 Å². The number of carbonyl (C=O) groups is 2. The van der Waals surface area contributed by atoms with Crippen LogP contribution in [0.3, 0.4) is 0 Å². The summed E-state index contributed by atoms with van der Waals surface area (Å²) in [5, 5.41) is 12.1. The molecule has 2 rings (SSSR count). The molecular weight excluding hydrogens is 340 g/mol. The largest absolute Gasteiger partial charge is 0.481 e. The molecule has 0 unspecified atom stereocenters. The third-order valence-corrected chi connectivity index (χ3v) is 4.77. The van der Waals surface area contributed by atoms with E-state index in [9.17, 15) is 9.59 Å². The van der Waals surface area contributed by atoms with Crippen LogP contribution in [-0.2, 0) is 4.79 Å². The minimum absolute atomic E-state index is 0.122.